The summed E-state index contributed by atoms with van der Waals surface area (Å²) in [5.74, 6) is 2.73. The summed E-state index contributed by atoms with van der Waals surface area (Å²) >= 11 is 2.01. The monoisotopic (exact) mass is 321 g/mol. The number of benzene rings is 1. The van der Waals surface area contributed by atoms with Crippen molar-refractivity contribution in [2.24, 2.45) is 0 Å². The molecule has 0 bridgehead atoms. The third kappa shape index (κ3) is 4.32. The van der Waals surface area contributed by atoms with Crippen LogP contribution < -0.4 is 14.8 Å². The lowest BCUT2D eigenvalue weighted by molar-refractivity contribution is -0.120. The first-order valence-corrected chi connectivity index (χ1v) is 9.13. The zero-order valence-electron chi connectivity index (χ0n) is 12.8. The van der Waals surface area contributed by atoms with Crippen LogP contribution in [-0.2, 0) is 11.2 Å². The van der Waals surface area contributed by atoms with E-state index < -0.39 is 0 Å². The lowest BCUT2D eigenvalue weighted by Crippen LogP contribution is -2.26. The quantitative estimate of drug-likeness (QED) is 0.784. The van der Waals surface area contributed by atoms with Crippen molar-refractivity contribution >= 4 is 17.7 Å². The van der Waals surface area contributed by atoms with E-state index in [-0.39, 0.29) is 12.7 Å². The Morgan fingerprint density at radius 2 is 2.05 bits per heavy atom. The van der Waals surface area contributed by atoms with Crippen LogP contribution in [-0.4, -0.2) is 30.2 Å². The Morgan fingerprint density at radius 3 is 2.91 bits per heavy atom. The highest BCUT2D eigenvalue weighted by Gasteiger charge is 2.15. The van der Waals surface area contributed by atoms with Gasteiger partial charge < -0.3 is 14.8 Å². The molecule has 0 atom stereocenters. The van der Waals surface area contributed by atoms with Crippen molar-refractivity contribution < 1.29 is 14.3 Å². The van der Waals surface area contributed by atoms with E-state index in [1.165, 1.54) is 25.7 Å². The Labute approximate surface area is 135 Å². The predicted octanol–water partition coefficient (Wildman–Crippen LogP) is 3.14. The SMILES string of the molecule is O=C(CCc1ccc2c(c1)OCO2)NCCSC1CCCC1. The van der Waals surface area contributed by atoms with Crippen molar-refractivity contribution in [3.05, 3.63) is 23.8 Å². The predicted molar refractivity (Wildman–Crippen MR) is 88.6 cm³/mol. The number of amides is 1. The second-order valence-electron chi connectivity index (χ2n) is 5.81. The van der Waals surface area contributed by atoms with Crippen molar-refractivity contribution in [3.63, 3.8) is 0 Å². The van der Waals surface area contributed by atoms with Gasteiger partial charge in [0.1, 0.15) is 0 Å². The summed E-state index contributed by atoms with van der Waals surface area (Å²) < 4.78 is 10.6. The van der Waals surface area contributed by atoms with Crippen LogP contribution in [0.5, 0.6) is 11.5 Å². The molecule has 1 aliphatic heterocycles. The molecule has 3 rings (SSSR count). The molecule has 1 aromatic rings. The number of hydrogen-bond donors (Lipinski definition) is 1. The van der Waals surface area contributed by atoms with E-state index in [0.29, 0.717) is 6.42 Å². The van der Waals surface area contributed by atoms with E-state index in [4.69, 9.17) is 9.47 Å². The van der Waals surface area contributed by atoms with Crippen molar-refractivity contribution in [1.82, 2.24) is 5.32 Å². The average molecular weight is 321 g/mol. The summed E-state index contributed by atoms with van der Waals surface area (Å²) in [5, 5.41) is 3.84. The van der Waals surface area contributed by atoms with Gasteiger partial charge >= 0.3 is 0 Å². The fraction of sp³-hybridized carbons (Fsp3) is 0.588. The molecule has 5 heteroatoms. The molecule has 1 amide bonds. The number of ether oxygens (including phenoxy) is 2. The van der Waals surface area contributed by atoms with Gasteiger partial charge in [-0.1, -0.05) is 18.9 Å². The number of aryl methyl sites for hydroxylation is 1. The zero-order valence-corrected chi connectivity index (χ0v) is 13.6. The van der Waals surface area contributed by atoms with E-state index >= 15 is 0 Å². The van der Waals surface area contributed by atoms with Gasteiger partial charge in [-0.3, -0.25) is 4.79 Å². The van der Waals surface area contributed by atoms with Crippen LogP contribution in [0, 0.1) is 0 Å². The first-order valence-electron chi connectivity index (χ1n) is 8.08. The van der Waals surface area contributed by atoms with Gasteiger partial charge in [0, 0.05) is 24.0 Å². The van der Waals surface area contributed by atoms with Crippen molar-refractivity contribution in [3.8, 4) is 11.5 Å². The summed E-state index contributed by atoms with van der Waals surface area (Å²) in [7, 11) is 0. The molecular weight excluding hydrogens is 298 g/mol. The number of rotatable bonds is 7. The summed E-state index contributed by atoms with van der Waals surface area (Å²) in [4.78, 5) is 11.9. The van der Waals surface area contributed by atoms with Crippen molar-refractivity contribution in [1.29, 1.82) is 0 Å². The summed E-state index contributed by atoms with van der Waals surface area (Å²) in [6.45, 7) is 1.07. The molecule has 4 nitrogen and oxygen atoms in total. The Morgan fingerprint density at radius 1 is 1.23 bits per heavy atom. The molecule has 0 radical (unpaired) electrons. The molecule has 0 spiro atoms. The first kappa shape index (κ1) is 15.5. The number of fused-ring (bicyclic) bond motifs is 1. The van der Waals surface area contributed by atoms with Gasteiger partial charge in [-0.15, -0.1) is 0 Å². The van der Waals surface area contributed by atoms with Crippen LogP contribution in [0.25, 0.3) is 0 Å². The number of carbonyl (C=O) groups is 1. The Balaban J connectivity index is 1.32. The second kappa shape index (κ2) is 7.77. The van der Waals surface area contributed by atoms with Crippen LogP contribution >= 0.6 is 11.8 Å². The molecule has 1 heterocycles. The number of thioether (sulfide) groups is 1. The molecule has 1 N–H and O–H groups in total. The van der Waals surface area contributed by atoms with Gasteiger partial charge in [-0.2, -0.15) is 11.8 Å². The minimum Gasteiger partial charge on any atom is -0.454 e. The standard InChI is InChI=1S/C17H23NO3S/c19-17(18-9-10-22-14-3-1-2-4-14)8-6-13-5-7-15-16(11-13)21-12-20-15/h5,7,11,14H,1-4,6,8-10,12H2,(H,18,19). The maximum atomic E-state index is 11.9. The molecule has 0 aromatic heterocycles. The molecule has 0 saturated heterocycles. The molecule has 1 aliphatic carbocycles. The topological polar surface area (TPSA) is 47.6 Å². The van der Waals surface area contributed by atoms with Crippen molar-refractivity contribution in [2.75, 3.05) is 19.1 Å². The zero-order chi connectivity index (χ0) is 15.2. The molecular formula is C17H23NO3S. The van der Waals surface area contributed by atoms with Crippen LogP contribution in [0.2, 0.25) is 0 Å². The van der Waals surface area contributed by atoms with E-state index in [0.717, 1.165) is 41.0 Å². The van der Waals surface area contributed by atoms with E-state index in [2.05, 4.69) is 5.32 Å². The summed E-state index contributed by atoms with van der Waals surface area (Å²) in [6.07, 6.45) is 6.70. The molecule has 120 valence electrons. The maximum Gasteiger partial charge on any atom is 0.231 e. The molecule has 1 saturated carbocycles. The highest BCUT2D eigenvalue weighted by molar-refractivity contribution is 7.99. The smallest absolute Gasteiger partial charge is 0.231 e. The molecule has 1 fully saturated rings. The summed E-state index contributed by atoms with van der Waals surface area (Å²) in [6, 6.07) is 5.87. The van der Waals surface area contributed by atoms with E-state index in [9.17, 15) is 4.79 Å². The van der Waals surface area contributed by atoms with Gasteiger partial charge in [0.15, 0.2) is 11.5 Å². The van der Waals surface area contributed by atoms with Gasteiger partial charge in [-0.05, 0) is 37.0 Å². The van der Waals surface area contributed by atoms with E-state index in [1.54, 1.807) is 0 Å². The van der Waals surface area contributed by atoms with Crippen LogP contribution in [0.1, 0.15) is 37.7 Å². The lowest BCUT2D eigenvalue weighted by Gasteiger charge is -2.09. The second-order valence-corrected chi connectivity index (χ2v) is 7.22. The molecule has 2 aliphatic rings. The van der Waals surface area contributed by atoms with E-state index in [1.807, 2.05) is 30.0 Å². The molecule has 22 heavy (non-hydrogen) atoms. The Kier molecular flexibility index (Phi) is 5.48. The number of nitrogens with one attached hydrogen (secondary N) is 1. The van der Waals surface area contributed by atoms with Crippen LogP contribution in [0.4, 0.5) is 0 Å². The number of hydrogen-bond acceptors (Lipinski definition) is 4. The molecule has 0 unspecified atom stereocenters. The molecule has 1 aromatic carbocycles. The van der Waals surface area contributed by atoms with Gasteiger partial charge in [-0.25, -0.2) is 0 Å². The Hall–Kier alpha value is -1.36. The minimum absolute atomic E-state index is 0.129. The van der Waals surface area contributed by atoms with Gasteiger partial charge in [0.2, 0.25) is 12.7 Å². The fourth-order valence-corrected chi connectivity index (χ4v) is 4.13. The van der Waals surface area contributed by atoms with Crippen molar-refractivity contribution in [2.45, 2.75) is 43.8 Å². The van der Waals surface area contributed by atoms with Gasteiger partial charge in [0.05, 0.1) is 0 Å². The summed E-state index contributed by atoms with van der Waals surface area (Å²) in [5.41, 5.74) is 1.11. The first-order chi connectivity index (χ1) is 10.8. The average Bonchev–Trinajstić information content (AvgIpc) is 3.20. The van der Waals surface area contributed by atoms with Crippen LogP contribution in [0.15, 0.2) is 18.2 Å². The normalized spacial score (nSPS) is 16.9. The fourth-order valence-electron chi connectivity index (χ4n) is 2.91. The third-order valence-electron chi connectivity index (χ3n) is 4.16. The highest BCUT2D eigenvalue weighted by atomic mass is 32.2. The highest BCUT2D eigenvalue weighted by Crippen LogP contribution is 2.32. The maximum absolute atomic E-state index is 11.9. The number of carbonyl (C=O) groups excluding carboxylic acids is 1. The largest absolute Gasteiger partial charge is 0.454 e. The van der Waals surface area contributed by atoms with Gasteiger partial charge in [0.25, 0.3) is 0 Å². The minimum atomic E-state index is 0.129. The third-order valence-corrected chi connectivity index (χ3v) is 5.54. The Bertz CT molecular complexity index is 515. The lowest BCUT2D eigenvalue weighted by atomic mass is 10.1. The van der Waals surface area contributed by atoms with Crippen LogP contribution in [0.3, 0.4) is 0 Å².